The predicted octanol–water partition coefficient (Wildman–Crippen LogP) is 17.3. The summed E-state index contributed by atoms with van der Waals surface area (Å²) in [6.45, 7) is 7.04. The lowest BCUT2D eigenvalue weighted by atomic mass is 10.0. The molecular formula is C64H120O17P2. The van der Waals surface area contributed by atoms with Crippen molar-refractivity contribution in [3.63, 3.8) is 0 Å². The SMILES string of the molecule is CCCCCC/C=C\C=C/CCCCCCCC(=O)O[C@H](COC(=O)CCCCCCCCCCC(C)C)COP(=O)(O)OC[C@@H](O)COP(=O)(O)OC[C@@H](COC(=O)CCCCCCCCC)OC(=O)CCCCCCCCCCCC. The Balaban J connectivity index is 5.25. The van der Waals surface area contributed by atoms with E-state index in [1.807, 2.05) is 0 Å². The van der Waals surface area contributed by atoms with Gasteiger partial charge in [-0.1, -0.05) is 245 Å². The van der Waals surface area contributed by atoms with Crippen LogP contribution in [0.5, 0.6) is 0 Å². The number of carbonyl (C=O) groups excluding carboxylic acids is 4. The van der Waals surface area contributed by atoms with E-state index in [1.165, 1.54) is 89.9 Å². The van der Waals surface area contributed by atoms with Gasteiger partial charge in [0, 0.05) is 25.7 Å². The standard InChI is InChI=1S/C64H120O17P2/c1-6-9-12-15-18-20-22-23-24-25-26-28-35-40-45-50-64(69)81-60(54-75-62(67)48-43-38-33-30-29-32-36-41-46-57(4)5)56-79-83(72,73)77-52-58(65)51-76-82(70,71)78-55-59(53-74-61(66)47-42-37-31-17-14-11-8-3)80-63(68)49-44-39-34-27-21-19-16-13-10-7-2/h20,22-24,57-60,65H,6-19,21,25-56H2,1-5H3,(H,70,71)(H,72,73)/b22-20-,24-23-/t58-,59+,60+/m0/s1. The van der Waals surface area contributed by atoms with E-state index >= 15 is 0 Å². The fraction of sp³-hybridized carbons (Fsp3) is 0.875. The Hall–Kier alpha value is -2.46. The third-order valence-electron chi connectivity index (χ3n) is 14.2. The van der Waals surface area contributed by atoms with Gasteiger partial charge in [-0.05, 0) is 57.3 Å². The van der Waals surface area contributed by atoms with E-state index in [4.69, 9.17) is 37.0 Å². The van der Waals surface area contributed by atoms with Crippen molar-refractivity contribution in [3.05, 3.63) is 24.3 Å². The summed E-state index contributed by atoms with van der Waals surface area (Å²) in [5.74, 6) is -1.45. The molecule has 19 heteroatoms. The highest BCUT2D eigenvalue weighted by molar-refractivity contribution is 7.47. The first-order valence-electron chi connectivity index (χ1n) is 33.0. The van der Waals surface area contributed by atoms with Crippen molar-refractivity contribution in [1.29, 1.82) is 0 Å². The monoisotopic (exact) mass is 1220 g/mol. The van der Waals surface area contributed by atoms with Crippen LogP contribution in [0.1, 0.15) is 298 Å². The van der Waals surface area contributed by atoms with E-state index in [0.29, 0.717) is 25.7 Å². The van der Waals surface area contributed by atoms with Gasteiger partial charge in [-0.3, -0.25) is 37.3 Å². The lowest BCUT2D eigenvalue weighted by Gasteiger charge is -2.21. The number of hydrogen-bond donors (Lipinski definition) is 3. The molecule has 0 heterocycles. The number of ether oxygens (including phenoxy) is 4. The summed E-state index contributed by atoms with van der Waals surface area (Å²) >= 11 is 0. The van der Waals surface area contributed by atoms with Crippen LogP contribution in [-0.4, -0.2) is 96.7 Å². The number of carbonyl (C=O) groups is 4. The van der Waals surface area contributed by atoms with Gasteiger partial charge in [0.25, 0.3) is 0 Å². The van der Waals surface area contributed by atoms with E-state index in [0.717, 1.165) is 128 Å². The van der Waals surface area contributed by atoms with Gasteiger partial charge >= 0.3 is 39.5 Å². The summed E-state index contributed by atoms with van der Waals surface area (Å²) < 4.78 is 67.8. The maximum Gasteiger partial charge on any atom is 0.472 e. The number of esters is 4. The van der Waals surface area contributed by atoms with Gasteiger partial charge in [-0.2, -0.15) is 0 Å². The quantitative estimate of drug-likeness (QED) is 0.0169. The first-order chi connectivity index (χ1) is 40.0. The third-order valence-corrected chi connectivity index (χ3v) is 16.1. The number of aliphatic hydroxyl groups excluding tert-OH is 1. The third kappa shape index (κ3) is 58.3. The smallest absolute Gasteiger partial charge is 0.462 e. The molecule has 0 bridgehead atoms. The summed E-state index contributed by atoms with van der Waals surface area (Å²) in [5.41, 5.74) is 0. The van der Waals surface area contributed by atoms with E-state index in [1.54, 1.807) is 0 Å². The van der Waals surface area contributed by atoms with Crippen LogP contribution in [0.25, 0.3) is 0 Å². The number of unbranched alkanes of at least 4 members (excludes halogenated alkanes) is 31. The maximum atomic E-state index is 13.0. The molecule has 0 aromatic heterocycles. The van der Waals surface area contributed by atoms with Crippen LogP contribution in [0.2, 0.25) is 0 Å². The molecule has 0 aromatic carbocycles. The van der Waals surface area contributed by atoms with E-state index < -0.39 is 97.5 Å². The number of aliphatic hydroxyl groups is 1. The number of phosphoric acid groups is 2. The molecule has 0 aliphatic heterocycles. The highest BCUT2D eigenvalue weighted by Gasteiger charge is 2.30. The lowest BCUT2D eigenvalue weighted by Crippen LogP contribution is -2.30. The maximum absolute atomic E-state index is 13.0. The molecule has 3 N–H and O–H groups in total. The Morgan fingerprint density at radius 1 is 0.373 bits per heavy atom. The molecule has 0 amide bonds. The molecule has 0 fully saturated rings. The first kappa shape index (κ1) is 80.5. The summed E-state index contributed by atoms with van der Waals surface area (Å²) in [6.07, 6.45) is 44.0. The van der Waals surface area contributed by atoms with Crippen molar-refractivity contribution in [2.45, 2.75) is 316 Å². The molecule has 17 nitrogen and oxygen atoms in total. The van der Waals surface area contributed by atoms with Gasteiger partial charge in [0.15, 0.2) is 12.2 Å². The summed E-state index contributed by atoms with van der Waals surface area (Å²) in [6, 6.07) is 0. The van der Waals surface area contributed by atoms with Crippen molar-refractivity contribution in [2.24, 2.45) is 5.92 Å². The molecule has 0 spiro atoms. The molecule has 488 valence electrons. The topological polar surface area (TPSA) is 237 Å². The average Bonchev–Trinajstić information content (AvgIpc) is 3.45. The normalized spacial score (nSPS) is 14.4. The van der Waals surface area contributed by atoms with E-state index in [-0.39, 0.29) is 25.7 Å². The van der Waals surface area contributed by atoms with E-state index in [9.17, 15) is 43.2 Å². The minimum atomic E-state index is -4.95. The van der Waals surface area contributed by atoms with E-state index in [2.05, 4.69) is 58.9 Å². The zero-order valence-electron chi connectivity index (χ0n) is 52.8. The number of allylic oxidation sites excluding steroid dienone is 4. The molecule has 0 aromatic rings. The van der Waals surface area contributed by atoms with Crippen molar-refractivity contribution >= 4 is 39.5 Å². The number of phosphoric ester groups is 2. The van der Waals surface area contributed by atoms with Crippen LogP contribution >= 0.6 is 15.6 Å². The van der Waals surface area contributed by atoms with Crippen LogP contribution in [0.4, 0.5) is 0 Å². The van der Waals surface area contributed by atoms with Crippen LogP contribution in [0.3, 0.4) is 0 Å². The molecule has 0 aliphatic carbocycles. The zero-order valence-corrected chi connectivity index (χ0v) is 54.6. The van der Waals surface area contributed by atoms with Crippen LogP contribution in [0, 0.1) is 5.92 Å². The Kier molecular flexibility index (Phi) is 55.6. The molecule has 0 saturated carbocycles. The van der Waals surface area contributed by atoms with Crippen LogP contribution < -0.4 is 0 Å². The van der Waals surface area contributed by atoms with Crippen molar-refractivity contribution in [3.8, 4) is 0 Å². The molecular weight excluding hydrogens is 1100 g/mol. The van der Waals surface area contributed by atoms with Crippen molar-refractivity contribution in [1.82, 2.24) is 0 Å². The molecule has 2 unspecified atom stereocenters. The second kappa shape index (κ2) is 57.3. The Labute approximate surface area is 503 Å². The first-order valence-corrected chi connectivity index (χ1v) is 35.9. The summed E-state index contributed by atoms with van der Waals surface area (Å²) in [4.78, 5) is 72.0. The Morgan fingerprint density at radius 3 is 0.988 bits per heavy atom. The molecule has 0 aliphatic rings. The summed E-state index contributed by atoms with van der Waals surface area (Å²) in [5, 5.41) is 10.5. The summed E-state index contributed by atoms with van der Waals surface area (Å²) in [7, 11) is -9.89. The predicted molar refractivity (Wildman–Crippen MR) is 331 cm³/mol. The lowest BCUT2D eigenvalue weighted by molar-refractivity contribution is -0.161. The molecule has 0 saturated heterocycles. The average molecular weight is 1220 g/mol. The van der Waals surface area contributed by atoms with Gasteiger partial charge < -0.3 is 33.8 Å². The highest BCUT2D eigenvalue weighted by atomic mass is 31.2. The van der Waals surface area contributed by atoms with Crippen molar-refractivity contribution < 1.29 is 80.2 Å². The number of hydrogen-bond acceptors (Lipinski definition) is 15. The fourth-order valence-electron chi connectivity index (χ4n) is 9.04. The fourth-order valence-corrected chi connectivity index (χ4v) is 10.6. The minimum absolute atomic E-state index is 0.0844. The van der Waals surface area contributed by atoms with Gasteiger partial charge in [0.05, 0.1) is 26.4 Å². The Bertz CT molecular complexity index is 1710. The van der Waals surface area contributed by atoms with Gasteiger partial charge in [-0.25, -0.2) is 9.13 Å². The molecule has 0 rings (SSSR count). The Morgan fingerprint density at radius 2 is 0.651 bits per heavy atom. The molecule has 0 radical (unpaired) electrons. The van der Waals surface area contributed by atoms with Gasteiger partial charge in [0.1, 0.15) is 19.3 Å². The largest absolute Gasteiger partial charge is 0.472 e. The zero-order chi connectivity index (χ0) is 61.3. The molecule has 83 heavy (non-hydrogen) atoms. The van der Waals surface area contributed by atoms with Gasteiger partial charge in [0.2, 0.25) is 0 Å². The minimum Gasteiger partial charge on any atom is -0.462 e. The van der Waals surface area contributed by atoms with Crippen LogP contribution in [-0.2, 0) is 65.4 Å². The second-order valence-electron chi connectivity index (χ2n) is 22.9. The van der Waals surface area contributed by atoms with Gasteiger partial charge in [-0.15, -0.1) is 0 Å². The molecule has 5 atom stereocenters. The second-order valence-corrected chi connectivity index (χ2v) is 25.8. The van der Waals surface area contributed by atoms with Crippen molar-refractivity contribution in [2.75, 3.05) is 39.6 Å². The highest BCUT2D eigenvalue weighted by Crippen LogP contribution is 2.45. The van der Waals surface area contributed by atoms with Crippen LogP contribution in [0.15, 0.2) is 24.3 Å². The number of rotatable bonds is 62.